The fourth-order valence-electron chi connectivity index (χ4n) is 0.986. The highest BCUT2D eigenvalue weighted by molar-refractivity contribution is 5.23. The average Bonchev–Trinajstić information content (AvgIpc) is 2.12. The highest BCUT2D eigenvalue weighted by Crippen LogP contribution is 2.16. The smallest absolute Gasteiger partial charge is 0.129 e. The summed E-state index contributed by atoms with van der Waals surface area (Å²) in [6.07, 6.45) is -0.642. The predicted octanol–water partition coefficient (Wildman–Crippen LogP) is 2.36. The first-order valence-corrected chi connectivity index (χ1v) is 4.76. The molecule has 1 aromatic rings. The Morgan fingerprint density at radius 2 is 1.73 bits per heavy atom. The Kier molecular flexibility index (Phi) is 4.03. The Labute approximate surface area is 87.5 Å². The molecule has 1 unspecified atom stereocenters. The molecule has 1 aromatic carbocycles. The second kappa shape index (κ2) is 5.07. The first-order valence-electron chi connectivity index (χ1n) is 4.76. The number of ether oxygens (including phenoxy) is 1. The first-order chi connectivity index (χ1) is 6.99. The topological polar surface area (TPSA) is 29.5 Å². The van der Waals surface area contributed by atoms with Gasteiger partial charge in [-0.15, -0.1) is 0 Å². The molecular weight excluding hydrogens is 202 g/mol. The maximum Gasteiger partial charge on any atom is 0.129 e. The molecule has 0 radical (unpaired) electrons. The highest BCUT2D eigenvalue weighted by atomic mass is 19.1. The molecule has 0 aliphatic heterocycles. The molecule has 0 fully saturated rings. The van der Waals surface area contributed by atoms with Crippen molar-refractivity contribution in [3.8, 4) is 5.75 Å². The molecule has 1 N–H and O–H groups in total. The van der Waals surface area contributed by atoms with Gasteiger partial charge >= 0.3 is 0 Å². The molecule has 0 saturated carbocycles. The largest absolute Gasteiger partial charge is 0.491 e. The molecule has 0 spiro atoms. The summed E-state index contributed by atoms with van der Waals surface area (Å²) in [5.74, 6) is -1.25. The monoisotopic (exact) mass is 216 g/mol. The summed E-state index contributed by atoms with van der Waals surface area (Å²) in [6, 6.07) is 2.93. The summed E-state index contributed by atoms with van der Waals surface area (Å²) in [5, 5.41) is 9.41. The van der Waals surface area contributed by atoms with E-state index in [0.29, 0.717) is 0 Å². The van der Waals surface area contributed by atoms with Gasteiger partial charge in [0.25, 0.3) is 0 Å². The Hall–Kier alpha value is -1.16. The molecule has 84 valence electrons. The second-order valence-corrected chi connectivity index (χ2v) is 3.73. The maximum atomic E-state index is 12.7. The van der Waals surface area contributed by atoms with E-state index < -0.39 is 17.7 Å². The summed E-state index contributed by atoms with van der Waals surface area (Å²) in [5.41, 5.74) is 0. The third kappa shape index (κ3) is 3.83. The van der Waals surface area contributed by atoms with Gasteiger partial charge < -0.3 is 9.84 Å². The molecule has 0 aliphatic carbocycles. The molecule has 1 rings (SSSR count). The van der Waals surface area contributed by atoms with E-state index in [1.807, 2.05) is 13.8 Å². The SMILES string of the molecule is CC(C)C(O)COc1cc(F)cc(F)c1. The number of halogens is 2. The normalized spacial score (nSPS) is 12.9. The zero-order valence-electron chi connectivity index (χ0n) is 8.71. The lowest BCUT2D eigenvalue weighted by Crippen LogP contribution is -2.23. The van der Waals surface area contributed by atoms with E-state index in [2.05, 4.69) is 0 Å². The van der Waals surface area contributed by atoms with Gasteiger partial charge in [-0.25, -0.2) is 8.78 Å². The fraction of sp³-hybridized carbons (Fsp3) is 0.455. The van der Waals surface area contributed by atoms with Crippen molar-refractivity contribution < 1.29 is 18.6 Å². The van der Waals surface area contributed by atoms with Gasteiger partial charge in [0, 0.05) is 18.2 Å². The Morgan fingerprint density at radius 1 is 1.20 bits per heavy atom. The van der Waals surface area contributed by atoms with E-state index in [1.54, 1.807) is 0 Å². The molecule has 15 heavy (non-hydrogen) atoms. The average molecular weight is 216 g/mol. The third-order valence-electron chi connectivity index (χ3n) is 2.03. The predicted molar refractivity (Wildman–Crippen MR) is 52.7 cm³/mol. The molecule has 0 bridgehead atoms. The van der Waals surface area contributed by atoms with Crippen LogP contribution in [-0.2, 0) is 0 Å². The van der Waals surface area contributed by atoms with Crippen molar-refractivity contribution in [3.63, 3.8) is 0 Å². The van der Waals surface area contributed by atoms with Gasteiger partial charge in [-0.05, 0) is 5.92 Å². The first kappa shape index (κ1) is 11.9. The molecule has 2 nitrogen and oxygen atoms in total. The van der Waals surface area contributed by atoms with Crippen molar-refractivity contribution in [3.05, 3.63) is 29.8 Å². The van der Waals surface area contributed by atoms with Crippen LogP contribution in [0.15, 0.2) is 18.2 Å². The van der Waals surface area contributed by atoms with Crippen LogP contribution in [0.25, 0.3) is 0 Å². The van der Waals surface area contributed by atoms with E-state index >= 15 is 0 Å². The number of benzene rings is 1. The van der Waals surface area contributed by atoms with Crippen LogP contribution in [0.3, 0.4) is 0 Å². The van der Waals surface area contributed by atoms with Crippen LogP contribution in [0.4, 0.5) is 8.78 Å². The Balaban J connectivity index is 2.57. The van der Waals surface area contributed by atoms with E-state index in [4.69, 9.17) is 4.74 Å². The summed E-state index contributed by atoms with van der Waals surface area (Å²) < 4.78 is 30.5. The highest BCUT2D eigenvalue weighted by Gasteiger charge is 2.10. The van der Waals surface area contributed by atoms with Gasteiger partial charge in [-0.2, -0.15) is 0 Å². The van der Waals surface area contributed by atoms with Crippen molar-refractivity contribution in [1.82, 2.24) is 0 Å². The maximum absolute atomic E-state index is 12.7. The molecule has 0 amide bonds. The molecule has 4 heteroatoms. The van der Waals surface area contributed by atoms with E-state index in [1.165, 1.54) is 0 Å². The van der Waals surface area contributed by atoms with Crippen LogP contribution in [-0.4, -0.2) is 17.8 Å². The van der Waals surface area contributed by atoms with E-state index in [9.17, 15) is 13.9 Å². The van der Waals surface area contributed by atoms with E-state index in [0.717, 1.165) is 18.2 Å². The lowest BCUT2D eigenvalue weighted by atomic mass is 10.1. The standard InChI is InChI=1S/C11H14F2O2/c1-7(2)11(14)6-15-10-4-8(12)3-9(13)5-10/h3-5,7,11,14H,6H2,1-2H3. The summed E-state index contributed by atoms with van der Waals surface area (Å²) in [4.78, 5) is 0. The number of rotatable bonds is 4. The van der Waals surface area contributed by atoms with Gasteiger partial charge in [0.15, 0.2) is 0 Å². The lowest BCUT2D eigenvalue weighted by molar-refractivity contribution is 0.0698. The molecule has 0 heterocycles. The molecular formula is C11H14F2O2. The summed E-state index contributed by atoms with van der Waals surface area (Å²) in [7, 11) is 0. The van der Waals surface area contributed by atoms with Crippen molar-refractivity contribution in [2.75, 3.05) is 6.61 Å². The lowest BCUT2D eigenvalue weighted by Gasteiger charge is -2.15. The summed E-state index contributed by atoms with van der Waals surface area (Å²) in [6.45, 7) is 3.70. The molecule has 0 aromatic heterocycles. The van der Waals surface area contributed by atoms with E-state index in [-0.39, 0.29) is 18.3 Å². The zero-order chi connectivity index (χ0) is 11.4. The number of hydrogen-bond acceptors (Lipinski definition) is 2. The minimum atomic E-state index is -0.691. The fourth-order valence-corrected chi connectivity index (χ4v) is 0.986. The van der Waals surface area contributed by atoms with Crippen molar-refractivity contribution in [1.29, 1.82) is 0 Å². The van der Waals surface area contributed by atoms with Crippen LogP contribution >= 0.6 is 0 Å². The van der Waals surface area contributed by atoms with Crippen molar-refractivity contribution in [2.45, 2.75) is 20.0 Å². The second-order valence-electron chi connectivity index (χ2n) is 3.73. The van der Waals surface area contributed by atoms with Crippen LogP contribution in [0, 0.1) is 17.6 Å². The molecule has 0 aliphatic rings. The van der Waals surface area contributed by atoms with Gasteiger partial charge in [0.05, 0.1) is 6.10 Å². The Morgan fingerprint density at radius 3 is 2.20 bits per heavy atom. The van der Waals surface area contributed by atoms with Crippen molar-refractivity contribution >= 4 is 0 Å². The van der Waals surface area contributed by atoms with Crippen molar-refractivity contribution in [2.24, 2.45) is 5.92 Å². The van der Waals surface area contributed by atoms with Gasteiger partial charge in [0.1, 0.15) is 24.0 Å². The number of aliphatic hydroxyl groups excluding tert-OH is 1. The molecule has 0 saturated heterocycles. The number of hydrogen-bond donors (Lipinski definition) is 1. The van der Waals surface area contributed by atoms with Crippen LogP contribution in [0.5, 0.6) is 5.75 Å². The van der Waals surface area contributed by atoms with Crippen LogP contribution in [0.1, 0.15) is 13.8 Å². The Bertz CT molecular complexity index is 306. The van der Waals surface area contributed by atoms with Gasteiger partial charge in [-0.3, -0.25) is 0 Å². The van der Waals surface area contributed by atoms with Gasteiger partial charge in [0.2, 0.25) is 0 Å². The zero-order valence-corrected chi connectivity index (χ0v) is 8.71. The summed E-state index contributed by atoms with van der Waals surface area (Å²) >= 11 is 0. The minimum absolute atomic E-state index is 0.0283. The third-order valence-corrected chi connectivity index (χ3v) is 2.03. The minimum Gasteiger partial charge on any atom is -0.491 e. The number of aliphatic hydroxyl groups is 1. The quantitative estimate of drug-likeness (QED) is 0.837. The van der Waals surface area contributed by atoms with Gasteiger partial charge in [-0.1, -0.05) is 13.8 Å². The van der Waals surface area contributed by atoms with Crippen LogP contribution in [0.2, 0.25) is 0 Å². The van der Waals surface area contributed by atoms with Crippen LogP contribution < -0.4 is 4.74 Å². The molecule has 1 atom stereocenters.